The normalized spacial score (nSPS) is 17.1. The zero-order valence-electron chi connectivity index (χ0n) is 22.9. The van der Waals surface area contributed by atoms with Gasteiger partial charge in [0.1, 0.15) is 0 Å². The molecule has 0 aliphatic heterocycles. The number of allylic oxidation sites excluding steroid dienone is 4. The summed E-state index contributed by atoms with van der Waals surface area (Å²) in [6, 6.07) is 54.1. The monoisotopic (exact) mass is 522 g/mol. The second-order valence-electron chi connectivity index (χ2n) is 11.3. The Morgan fingerprint density at radius 1 is 0.439 bits per heavy atom. The number of hydrogen-bond acceptors (Lipinski definition) is 0. The summed E-state index contributed by atoms with van der Waals surface area (Å²) in [6.45, 7) is 0. The van der Waals surface area contributed by atoms with Crippen LogP contribution < -0.4 is 0 Å². The summed E-state index contributed by atoms with van der Waals surface area (Å²) in [4.78, 5) is 0. The number of rotatable bonds is 5. The summed E-state index contributed by atoms with van der Waals surface area (Å²) in [5, 5.41) is 7.95. The molecule has 0 bridgehead atoms. The first-order valence-corrected chi connectivity index (χ1v) is 14.5. The van der Waals surface area contributed by atoms with Crippen molar-refractivity contribution in [2.24, 2.45) is 0 Å². The predicted molar refractivity (Wildman–Crippen MR) is 174 cm³/mol. The Balaban J connectivity index is 1.58. The van der Waals surface area contributed by atoms with E-state index in [1.807, 2.05) is 0 Å². The van der Waals surface area contributed by atoms with Crippen LogP contribution in [0, 0.1) is 0 Å². The molecule has 1 atom stereocenters. The molecule has 0 radical (unpaired) electrons. The molecule has 194 valence electrons. The lowest BCUT2D eigenvalue weighted by Gasteiger charge is -2.52. The van der Waals surface area contributed by atoms with Gasteiger partial charge in [-0.1, -0.05) is 170 Å². The highest BCUT2D eigenvalue weighted by molar-refractivity contribution is 6.23. The highest BCUT2D eigenvalue weighted by Gasteiger charge is 2.54. The predicted octanol–water partition coefficient (Wildman–Crippen LogP) is 10.4. The second-order valence-corrected chi connectivity index (χ2v) is 11.3. The summed E-state index contributed by atoms with van der Waals surface area (Å²) < 4.78 is 0. The summed E-state index contributed by atoms with van der Waals surface area (Å²) >= 11 is 0. The molecule has 0 spiro atoms. The van der Waals surface area contributed by atoms with E-state index in [9.17, 15) is 0 Å². The van der Waals surface area contributed by atoms with Gasteiger partial charge in [0.15, 0.2) is 0 Å². The zero-order valence-corrected chi connectivity index (χ0v) is 22.9. The maximum absolute atomic E-state index is 2.49. The van der Waals surface area contributed by atoms with Crippen molar-refractivity contribution in [2.75, 3.05) is 0 Å². The summed E-state index contributed by atoms with van der Waals surface area (Å²) in [5.41, 5.74) is 4.37. The fourth-order valence-electron chi connectivity index (χ4n) is 7.76. The van der Waals surface area contributed by atoms with Crippen LogP contribution in [0.25, 0.3) is 32.3 Å². The third-order valence-corrected chi connectivity index (χ3v) is 9.37. The Morgan fingerprint density at radius 2 is 0.951 bits per heavy atom. The van der Waals surface area contributed by atoms with Gasteiger partial charge in [-0.15, -0.1) is 0 Å². The standard InChI is InChI=1S/C41H30/c1-5-16-33(17-6-1)41(34-18-7-2-8-19-34,35-20-9-3-10-21-35)40(28-11-4-12-29-40)37-27-25-32-23-22-30-14-13-15-31-24-26-36(37)39(32)38(30)31/h1-28H,29H2. The Bertz CT molecular complexity index is 1940. The third-order valence-electron chi connectivity index (χ3n) is 9.37. The first kappa shape index (κ1) is 23.9. The third kappa shape index (κ3) is 3.34. The first-order valence-electron chi connectivity index (χ1n) is 14.5. The van der Waals surface area contributed by atoms with E-state index in [-0.39, 0.29) is 0 Å². The molecule has 7 aromatic rings. The molecule has 0 saturated carbocycles. The lowest BCUT2D eigenvalue weighted by molar-refractivity contribution is 0.373. The van der Waals surface area contributed by atoms with E-state index in [4.69, 9.17) is 0 Å². The van der Waals surface area contributed by atoms with Gasteiger partial charge in [-0.25, -0.2) is 0 Å². The van der Waals surface area contributed by atoms with Crippen LogP contribution in [0.3, 0.4) is 0 Å². The minimum Gasteiger partial charge on any atom is -0.0833 e. The van der Waals surface area contributed by atoms with Crippen LogP contribution in [0.5, 0.6) is 0 Å². The van der Waals surface area contributed by atoms with Crippen molar-refractivity contribution >= 4 is 32.3 Å². The maximum Gasteiger partial charge on any atom is 0.0585 e. The smallest absolute Gasteiger partial charge is 0.0585 e. The van der Waals surface area contributed by atoms with Gasteiger partial charge in [-0.3, -0.25) is 0 Å². The van der Waals surface area contributed by atoms with Crippen LogP contribution in [0.2, 0.25) is 0 Å². The molecule has 7 aromatic carbocycles. The van der Waals surface area contributed by atoms with E-state index in [0.29, 0.717) is 0 Å². The van der Waals surface area contributed by atoms with E-state index in [1.165, 1.54) is 54.6 Å². The topological polar surface area (TPSA) is 0 Å². The van der Waals surface area contributed by atoms with Gasteiger partial charge < -0.3 is 0 Å². The van der Waals surface area contributed by atoms with Gasteiger partial charge in [-0.05, 0) is 61.0 Å². The van der Waals surface area contributed by atoms with Crippen molar-refractivity contribution in [1.29, 1.82) is 0 Å². The van der Waals surface area contributed by atoms with Crippen molar-refractivity contribution in [3.05, 3.63) is 192 Å². The largest absolute Gasteiger partial charge is 0.0833 e. The molecule has 0 nitrogen and oxygen atoms in total. The quantitative estimate of drug-likeness (QED) is 0.156. The fraction of sp³-hybridized carbons (Fsp3) is 0.0732. The lowest BCUT2D eigenvalue weighted by Crippen LogP contribution is -2.50. The molecule has 0 heteroatoms. The summed E-state index contributed by atoms with van der Waals surface area (Å²) in [6.07, 6.45) is 10.2. The lowest BCUT2D eigenvalue weighted by atomic mass is 9.49. The van der Waals surface area contributed by atoms with Crippen LogP contribution in [0.4, 0.5) is 0 Å². The molecule has 0 aromatic heterocycles. The SMILES string of the molecule is C1=CCC(c2ccc3ccc4cccc5ccc2c3c45)(C(c2ccccc2)(c2ccccc2)c2ccccc2)C=C1. The van der Waals surface area contributed by atoms with E-state index >= 15 is 0 Å². The van der Waals surface area contributed by atoms with Crippen LogP contribution in [0.1, 0.15) is 28.7 Å². The summed E-state index contributed by atoms with van der Waals surface area (Å²) in [7, 11) is 0. The molecule has 0 N–H and O–H groups in total. The molecule has 8 rings (SSSR count). The molecular weight excluding hydrogens is 492 g/mol. The minimum atomic E-state index is -0.485. The van der Waals surface area contributed by atoms with Gasteiger partial charge >= 0.3 is 0 Å². The average Bonchev–Trinajstić information content (AvgIpc) is 3.06. The van der Waals surface area contributed by atoms with Gasteiger partial charge in [-0.2, -0.15) is 0 Å². The highest BCUT2D eigenvalue weighted by Crippen LogP contribution is 2.58. The molecule has 0 fully saturated rings. The van der Waals surface area contributed by atoms with Gasteiger partial charge in [0.2, 0.25) is 0 Å². The number of benzene rings is 7. The molecule has 41 heavy (non-hydrogen) atoms. The van der Waals surface area contributed by atoms with Crippen molar-refractivity contribution in [3.63, 3.8) is 0 Å². The Kier molecular flexibility index (Phi) is 5.43. The Hall–Kier alpha value is -4.94. The Morgan fingerprint density at radius 3 is 1.49 bits per heavy atom. The molecule has 0 amide bonds. The van der Waals surface area contributed by atoms with Crippen LogP contribution in [-0.2, 0) is 10.8 Å². The zero-order chi connectivity index (χ0) is 27.3. The second kappa shape index (κ2) is 9.32. The Labute approximate surface area is 241 Å². The fourth-order valence-corrected chi connectivity index (χ4v) is 7.76. The van der Waals surface area contributed by atoms with E-state index in [2.05, 4.69) is 170 Å². The molecule has 1 aliphatic rings. The van der Waals surface area contributed by atoms with E-state index in [0.717, 1.165) is 6.42 Å². The van der Waals surface area contributed by atoms with E-state index < -0.39 is 10.8 Å². The minimum absolute atomic E-state index is 0.395. The van der Waals surface area contributed by atoms with Crippen molar-refractivity contribution in [2.45, 2.75) is 17.3 Å². The first-order chi connectivity index (χ1) is 20.3. The average molecular weight is 523 g/mol. The van der Waals surface area contributed by atoms with Crippen molar-refractivity contribution < 1.29 is 0 Å². The van der Waals surface area contributed by atoms with Crippen LogP contribution >= 0.6 is 0 Å². The summed E-state index contributed by atoms with van der Waals surface area (Å²) in [5.74, 6) is 0. The molecular formula is C41H30. The van der Waals surface area contributed by atoms with Crippen molar-refractivity contribution in [3.8, 4) is 0 Å². The molecule has 1 unspecified atom stereocenters. The highest BCUT2D eigenvalue weighted by atomic mass is 14.5. The molecule has 1 aliphatic carbocycles. The van der Waals surface area contributed by atoms with Gasteiger partial charge in [0.25, 0.3) is 0 Å². The van der Waals surface area contributed by atoms with E-state index in [1.54, 1.807) is 0 Å². The molecule has 0 saturated heterocycles. The number of hydrogen-bond donors (Lipinski definition) is 0. The van der Waals surface area contributed by atoms with Crippen molar-refractivity contribution in [1.82, 2.24) is 0 Å². The van der Waals surface area contributed by atoms with Gasteiger partial charge in [0.05, 0.1) is 5.41 Å². The van der Waals surface area contributed by atoms with Gasteiger partial charge in [0, 0.05) is 5.41 Å². The van der Waals surface area contributed by atoms with Crippen LogP contribution in [-0.4, -0.2) is 0 Å². The van der Waals surface area contributed by atoms with Crippen LogP contribution in [0.15, 0.2) is 170 Å². The molecule has 0 heterocycles. The maximum atomic E-state index is 2.49.